The molecule has 0 bridgehead atoms. The Morgan fingerprint density at radius 2 is 1.75 bits per heavy atom. The summed E-state index contributed by atoms with van der Waals surface area (Å²) < 4.78 is 2.33. The molecule has 0 aromatic heterocycles. The van der Waals surface area contributed by atoms with E-state index in [0.29, 0.717) is 0 Å². The number of hydrogen-bond donors (Lipinski definition) is 0. The zero-order valence-electron chi connectivity index (χ0n) is 2.36. The van der Waals surface area contributed by atoms with E-state index in [1.165, 1.54) is 0 Å². The maximum absolute atomic E-state index is 5.65. The van der Waals surface area contributed by atoms with E-state index in [-0.39, 0.29) is 18.9 Å². The average molecular weight is 65.0 g/mol. The molecular formula is CLiNS. The molecule has 0 radical (unpaired) electrons. The van der Waals surface area contributed by atoms with Crippen LogP contribution in [0.25, 0.3) is 4.25 Å². The topological polar surface area (TPSA) is 4.36 Å². The smallest absolute Gasteiger partial charge is 0.422 e. The largest absolute Gasteiger partial charge is 1.00 e. The standard InChI is InChI=1S/CNS.Li/c1-2-3;/q-1;+1. The first-order valence-electron chi connectivity index (χ1n) is 0.406. The fraction of sp³-hybridized carbons (Fsp3) is 0. The van der Waals surface area contributed by atoms with Crippen molar-refractivity contribution in [2.75, 3.05) is 0 Å². The summed E-state index contributed by atoms with van der Waals surface area (Å²) in [5.74, 6) is 0. The molecule has 0 aliphatic heterocycles. The van der Waals surface area contributed by atoms with Crippen LogP contribution in [-0.4, -0.2) is 0 Å². The minimum Gasteiger partial charge on any atom is -0.422 e. The van der Waals surface area contributed by atoms with E-state index in [1.807, 2.05) is 0 Å². The van der Waals surface area contributed by atoms with Crippen LogP contribution in [-0.2, 0) is 12.8 Å². The normalized spacial score (nSPS) is 1.75. The first-order chi connectivity index (χ1) is 1.41. The second-order valence-electron chi connectivity index (χ2n) is 0.0913. The van der Waals surface area contributed by atoms with Crippen molar-refractivity contribution in [2.24, 2.45) is 0 Å². The Morgan fingerprint density at radius 1 is 1.75 bits per heavy atom. The predicted molar refractivity (Wildman–Crippen MR) is 14.0 cm³/mol. The Bertz CT molecular complexity index is 29.5. The van der Waals surface area contributed by atoms with Crippen LogP contribution in [0.1, 0.15) is 0 Å². The Labute approximate surface area is 42.9 Å². The van der Waals surface area contributed by atoms with Crippen molar-refractivity contribution in [2.45, 2.75) is 0 Å². The van der Waals surface area contributed by atoms with Crippen molar-refractivity contribution in [1.82, 2.24) is 0 Å². The molecule has 0 aliphatic rings. The summed E-state index contributed by atoms with van der Waals surface area (Å²) in [5, 5.41) is 0. The third-order valence-corrected chi connectivity index (χ3v) is 0. The molecule has 0 unspecified atom stereocenters. The molecule has 0 saturated heterocycles. The van der Waals surface area contributed by atoms with Gasteiger partial charge < -0.3 is 17.1 Å². The number of hydrogen-bond acceptors (Lipinski definition) is 1. The molecule has 4 heavy (non-hydrogen) atoms. The molecule has 0 atom stereocenters. The maximum atomic E-state index is 5.65. The molecule has 0 aromatic carbocycles. The van der Waals surface area contributed by atoms with Gasteiger partial charge in [-0.25, -0.2) is 0 Å². The first-order valence-corrected chi connectivity index (χ1v) is 0.771. The molecule has 0 aromatic rings. The van der Waals surface area contributed by atoms with Crippen LogP contribution in [0.5, 0.6) is 0 Å². The van der Waals surface area contributed by atoms with Crippen LogP contribution >= 0.6 is 0 Å². The van der Waals surface area contributed by atoms with Crippen molar-refractivity contribution in [1.29, 1.82) is 0 Å². The predicted octanol–water partition coefficient (Wildman–Crippen LogP) is -2.63. The van der Waals surface area contributed by atoms with E-state index < -0.39 is 0 Å². The molecular weight excluding hydrogens is 65.0 g/mol. The molecule has 0 saturated carbocycles. The van der Waals surface area contributed by atoms with Crippen LogP contribution in [0.3, 0.4) is 0 Å². The van der Waals surface area contributed by atoms with Crippen LogP contribution in [0.15, 0.2) is 0 Å². The molecule has 0 aliphatic carbocycles. The van der Waals surface area contributed by atoms with Gasteiger partial charge in [-0.3, -0.25) is 6.57 Å². The Hall–Kier alpha value is 0.307. The SMILES string of the molecule is [C-]#[N+][S-].[Li+]. The Morgan fingerprint density at radius 3 is 1.75 bits per heavy atom. The average Bonchev–Trinajstić information content (AvgIpc) is 0.918. The van der Waals surface area contributed by atoms with Crippen LogP contribution in [0.2, 0.25) is 0 Å². The monoisotopic (exact) mass is 65.0 g/mol. The third-order valence-electron chi connectivity index (χ3n) is 0. The van der Waals surface area contributed by atoms with E-state index >= 15 is 0 Å². The Balaban J connectivity index is 0. The molecule has 3 heteroatoms. The summed E-state index contributed by atoms with van der Waals surface area (Å²) in [5.41, 5.74) is 0. The number of rotatable bonds is 0. The zero-order chi connectivity index (χ0) is 2.71. The van der Waals surface area contributed by atoms with Crippen LogP contribution in [0.4, 0.5) is 0 Å². The second kappa shape index (κ2) is 10.3. The van der Waals surface area contributed by atoms with Gasteiger partial charge in [-0.15, -0.1) is 0 Å². The van der Waals surface area contributed by atoms with Crippen LogP contribution in [0, 0.1) is 6.57 Å². The van der Waals surface area contributed by atoms with Gasteiger partial charge in [0.2, 0.25) is 0 Å². The van der Waals surface area contributed by atoms with E-state index in [2.05, 4.69) is 17.1 Å². The van der Waals surface area contributed by atoms with Gasteiger partial charge in [0.05, 0.1) is 0 Å². The zero-order valence-corrected chi connectivity index (χ0v) is 3.17. The van der Waals surface area contributed by atoms with Gasteiger partial charge in [-0.2, -0.15) is 0 Å². The van der Waals surface area contributed by atoms with Gasteiger partial charge >= 0.3 is 18.9 Å². The fourth-order valence-corrected chi connectivity index (χ4v) is 0. The molecule has 0 heterocycles. The van der Waals surface area contributed by atoms with Gasteiger partial charge in [0.15, 0.2) is 0 Å². The third kappa shape index (κ3) is 41.7. The van der Waals surface area contributed by atoms with E-state index in [4.69, 9.17) is 6.57 Å². The summed E-state index contributed by atoms with van der Waals surface area (Å²) in [7, 11) is 0. The van der Waals surface area contributed by atoms with E-state index in [9.17, 15) is 0 Å². The molecule has 0 rings (SSSR count). The van der Waals surface area contributed by atoms with E-state index in [0.717, 1.165) is 0 Å². The quantitative estimate of drug-likeness (QED) is 0.170. The van der Waals surface area contributed by atoms with Crippen molar-refractivity contribution < 1.29 is 18.9 Å². The summed E-state index contributed by atoms with van der Waals surface area (Å²) in [6, 6.07) is 0. The molecule has 16 valence electrons. The van der Waals surface area contributed by atoms with Crippen LogP contribution < -0.4 is 18.9 Å². The summed E-state index contributed by atoms with van der Waals surface area (Å²) >= 11 is 3.69. The van der Waals surface area contributed by atoms with Crippen molar-refractivity contribution in [3.8, 4) is 0 Å². The summed E-state index contributed by atoms with van der Waals surface area (Å²) in [6.07, 6.45) is 0. The molecule has 0 fully saturated rings. The maximum Gasteiger partial charge on any atom is 1.00 e. The fourth-order valence-electron chi connectivity index (χ4n) is 0. The summed E-state index contributed by atoms with van der Waals surface area (Å²) in [6.45, 7) is 5.65. The van der Waals surface area contributed by atoms with Gasteiger partial charge in [0, 0.05) is 0 Å². The van der Waals surface area contributed by atoms with Crippen molar-refractivity contribution in [3.63, 3.8) is 0 Å². The second-order valence-corrected chi connectivity index (χ2v) is 0.274. The van der Waals surface area contributed by atoms with Crippen molar-refractivity contribution in [3.05, 3.63) is 10.8 Å². The molecule has 0 spiro atoms. The van der Waals surface area contributed by atoms with Gasteiger partial charge in [0.1, 0.15) is 0 Å². The number of nitrogens with zero attached hydrogens (tertiary/aromatic N) is 1. The van der Waals surface area contributed by atoms with Crippen molar-refractivity contribution >= 4 is 12.8 Å². The minimum atomic E-state index is 0. The molecule has 1 nitrogen and oxygen atoms in total. The first kappa shape index (κ1) is 8.85. The Kier molecular flexibility index (Phi) is 22.8. The molecule has 0 amide bonds. The van der Waals surface area contributed by atoms with E-state index in [1.54, 1.807) is 0 Å². The van der Waals surface area contributed by atoms with Gasteiger partial charge in [-0.1, -0.05) is 0 Å². The van der Waals surface area contributed by atoms with Gasteiger partial charge in [-0.05, 0) is 0 Å². The summed E-state index contributed by atoms with van der Waals surface area (Å²) in [4.78, 5) is 0. The molecule has 0 N–H and O–H groups in total. The minimum absolute atomic E-state index is 0. The van der Waals surface area contributed by atoms with Gasteiger partial charge in [0.25, 0.3) is 0 Å².